The fraction of sp³-hybridized carbons (Fsp3) is 0. The molecule has 0 radical (unpaired) electrons. The summed E-state index contributed by atoms with van der Waals surface area (Å²) in [5.74, 6) is 0. The van der Waals surface area contributed by atoms with E-state index < -0.39 is 0 Å². The number of nitrogens with two attached hydrogens (primary N) is 1. The Hall–Kier alpha value is -2.16. The molecule has 0 aliphatic carbocycles. The molecule has 3 aromatic rings. The number of nitrogens with zero attached hydrogens (tertiary/aromatic N) is 2. The van der Waals surface area contributed by atoms with Crippen LogP contribution in [0.1, 0.15) is 0 Å². The standard InChI is InChI=1S/C12H9N3/c13-11-8-4-1-2-5-9(8)15-10-6-3-7-14-12(10)11/h1-7H,(H2,13,15). The van der Waals surface area contributed by atoms with E-state index in [0.29, 0.717) is 5.69 Å². The minimum absolute atomic E-state index is 0.705. The van der Waals surface area contributed by atoms with E-state index in [2.05, 4.69) is 9.97 Å². The minimum Gasteiger partial charge on any atom is -0.396 e. The molecule has 2 aromatic heterocycles. The fourth-order valence-electron chi connectivity index (χ4n) is 1.75. The number of aromatic nitrogens is 2. The lowest BCUT2D eigenvalue weighted by atomic mass is 10.1. The maximum absolute atomic E-state index is 6.05. The van der Waals surface area contributed by atoms with Crippen molar-refractivity contribution in [2.24, 2.45) is 0 Å². The third kappa shape index (κ3) is 1.13. The highest BCUT2D eigenvalue weighted by Gasteiger charge is 2.05. The molecule has 72 valence electrons. The van der Waals surface area contributed by atoms with E-state index in [4.69, 9.17) is 5.73 Å². The highest BCUT2D eigenvalue weighted by molar-refractivity contribution is 6.04. The Labute approximate surface area is 86.6 Å². The van der Waals surface area contributed by atoms with Gasteiger partial charge in [0.15, 0.2) is 0 Å². The molecule has 0 spiro atoms. The first-order valence-corrected chi connectivity index (χ1v) is 4.75. The van der Waals surface area contributed by atoms with Gasteiger partial charge in [-0.1, -0.05) is 18.2 Å². The normalized spacial score (nSPS) is 10.9. The Morgan fingerprint density at radius 3 is 2.67 bits per heavy atom. The van der Waals surface area contributed by atoms with Gasteiger partial charge >= 0.3 is 0 Å². The smallest absolute Gasteiger partial charge is 0.112 e. The molecule has 0 unspecified atom stereocenters. The van der Waals surface area contributed by atoms with Crippen LogP contribution in [0.2, 0.25) is 0 Å². The van der Waals surface area contributed by atoms with Gasteiger partial charge in [-0.15, -0.1) is 0 Å². The van der Waals surface area contributed by atoms with Crippen molar-refractivity contribution in [3.63, 3.8) is 0 Å². The highest BCUT2D eigenvalue weighted by Crippen LogP contribution is 2.25. The highest BCUT2D eigenvalue weighted by atomic mass is 14.8. The Balaban J connectivity index is 2.60. The second kappa shape index (κ2) is 2.92. The van der Waals surface area contributed by atoms with Crippen LogP contribution in [0.5, 0.6) is 0 Å². The molecule has 0 fully saturated rings. The van der Waals surface area contributed by atoms with E-state index in [-0.39, 0.29) is 0 Å². The summed E-state index contributed by atoms with van der Waals surface area (Å²) in [6, 6.07) is 11.6. The third-order valence-corrected chi connectivity index (χ3v) is 2.48. The summed E-state index contributed by atoms with van der Waals surface area (Å²) in [5.41, 5.74) is 9.29. The topological polar surface area (TPSA) is 51.8 Å². The molecule has 0 bridgehead atoms. The lowest BCUT2D eigenvalue weighted by Crippen LogP contribution is -1.93. The summed E-state index contributed by atoms with van der Waals surface area (Å²) in [7, 11) is 0. The van der Waals surface area contributed by atoms with Crippen LogP contribution >= 0.6 is 0 Å². The number of benzene rings is 1. The molecular formula is C12H9N3. The third-order valence-electron chi connectivity index (χ3n) is 2.48. The van der Waals surface area contributed by atoms with E-state index in [1.807, 2.05) is 36.4 Å². The van der Waals surface area contributed by atoms with Crippen molar-refractivity contribution in [3.8, 4) is 0 Å². The molecule has 3 rings (SSSR count). The van der Waals surface area contributed by atoms with Crippen LogP contribution in [-0.4, -0.2) is 9.97 Å². The zero-order chi connectivity index (χ0) is 10.3. The fourth-order valence-corrected chi connectivity index (χ4v) is 1.75. The molecule has 2 N–H and O–H groups in total. The predicted octanol–water partition coefficient (Wildman–Crippen LogP) is 2.37. The molecule has 3 nitrogen and oxygen atoms in total. The van der Waals surface area contributed by atoms with Gasteiger partial charge in [-0.05, 0) is 18.2 Å². The molecule has 3 heteroatoms. The van der Waals surface area contributed by atoms with Crippen molar-refractivity contribution >= 4 is 27.6 Å². The van der Waals surface area contributed by atoms with E-state index in [1.165, 1.54) is 0 Å². The summed E-state index contributed by atoms with van der Waals surface area (Å²) in [5, 5.41) is 0.962. The molecule has 2 heterocycles. The maximum Gasteiger partial charge on any atom is 0.112 e. The monoisotopic (exact) mass is 195 g/mol. The van der Waals surface area contributed by atoms with Crippen LogP contribution in [0.15, 0.2) is 42.6 Å². The number of hydrogen-bond acceptors (Lipinski definition) is 3. The SMILES string of the molecule is Nc1c2ccccc2nc2cccnc12. The van der Waals surface area contributed by atoms with Gasteiger partial charge in [0, 0.05) is 11.6 Å². The van der Waals surface area contributed by atoms with Gasteiger partial charge in [0.1, 0.15) is 5.52 Å². The Bertz CT molecular complexity index is 592. The Morgan fingerprint density at radius 1 is 0.933 bits per heavy atom. The van der Waals surface area contributed by atoms with E-state index in [9.17, 15) is 0 Å². The second-order valence-corrected chi connectivity index (χ2v) is 3.41. The van der Waals surface area contributed by atoms with Gasteiger partial charge in [0.05, 0.1) is 16.7 Å². The molecule has 0 atom stereocenters. The van der Waals surface area contributed by atoms with Crippen LogP contribution in [0.4, 0.5) is 5.69 Å². The van der Waals surface area contributed by atoms with Gasteiger partial charge in [0.2, 0.25) is 0 Å². The second-order valence-electron chi connectivity index (χ2n) is 3.41. The van der Waals surface area contributed by atoms with Crippen molar-refractivity contribution in [1.82, 2.24) is 9.97 Å². The van der Waals surface area contributed by atoms with Crippen molar-refractivity contribution in [2.45, 2.75) is 0 Å². The molecule has 0 amide bonds. The van der Waals surface area contributed by atoms with E-state index in [0.717, 1.165) is 21.9 Å². The summed E-state index contributed by atoms with van der Waals surface area (Å²) < 4.78 is 0. The molecule has 0 aliphatic heterocycles. The summed E-state index contributed by atoms with van der Waals surface area (Å²) in [6.07, 6.45) is 1.73. The maximum atomic E-state index is 6.05. The van der Waals surface area contributed by atoms with Crippen LogP contribution in [0.25, 0.3) is 21.9 Å². The first-order valence-electron chi connectivity index (χ1n) is 4.75. The van der Waals surface area contributed by atoms with Crippen LogP contribution in [0.3, 0.4) is 0 Å². The van der Waals surface area contributed by atoms with Crippen molar-refractivity contribution in [3.05, 3.63) is 42.6 Å². The van der Waals surface area contributed by atoms with Crippen molar-refractivity contribution < 1.29 is 0 Å². The molecule has 15 heavy (non-hydrogen) atoms. The lowest BCUT2D eigenvalue weighted by Gasteiger charge is -2.04. The zero-order valence-corrected chi connectivity index (χ0v) is 8.01. The zero-order valence-electron chi connectivity index (χ0n) is 8.01. The molecule has 1 aromatic carbocycles. The van der Waals surface area contributed by atoms with Gasteiger partial charge in [-0.3, -0.25) is 4.98 Å². The van der Waals surface area contributed by atoms with Crippen LogP contribution in [0, 0.1) is 0 Å². The Morgan fingerprint density at radius 2 is 1.73 bits per heavy atom. The predicted molar refractivity (Wildman–Crippen MR) is 61.5 cm³/mol. The lowest BCUT2D eigenvalue weighted by molar-refractivity contribution is 1.38. The summed E-state index contributed by atoms with van der Waals surface area (Å²) in [4.78, 5) is 8.74. The first-order chi connectivity index (χ1) is 7.36. The number of hydrogen-bond donors (Lipinski definition) is 1. The van der Waals surface area contributed by atoms with Gasteiger partial charge in [-0.25, -0.2) is 4.98 Å². The minimum atomic E-state index is 0.705. The van der Waals surface area contributed by atoms with Gasteiger partial charge in [0.25, 0.3) is 0 Å². The van der Waals surface area contributed by atoms with Crippen molar-refractivity contribution in [1.29, 1.82) is 0 Å². The molecule has 0 saturated carbocycles. The van der Waals surface area contributed by atoms with Crippen molar-refractivity contribution in [2.75, 3.05) is 5.73 Å². The quantitative estimate of drug-likeness (QED) is 0.560. The van der Waals surface area contributed by atoms with E-state index in [1.54, 1.807) is 6.20 Å². The number of anilines is 1. The Kier molecular flexibility index (Phi) is 1.59. The van der Waals surface area contributed by atoms with Gasteiger partial charge < -0.3 is 5.73 Å². The number of nitrogen functional groups attached to an aromatic ring is 1. The number of pyridine rings is 2. The largest absolute Gasteiger partial charge is 0.396 e. The summed E-state index contributed by atoms with van der Waals surface area (Å²) >= 11 is 0. The number of fused-ring (bicyclic) bond motifs is 2. The number of rotatable bonds is 0. The molecule has 0 saturated heterocycles. The number of para-hydroxylation sites is 1. The first kappa shape index (κ1) is 8.17. The molecule has 0 aliphatic rings. The van der Waals surface area contributed by atoms with Crippen LogP contribution in [-0.2, 0) is 0 Å². The average molecular weight is 195 g/mol. The average Bonchev–Trinajstić information content (AvgIpc) is 2.30. The van der Waals surface area contributed by atoms with Crippen LogP contribution < -0.4 is 5.73 Å². The summed E-state index contributed by atoms with van der Waals surface area (Å²) in [6.45, 7) is 0. The van der Waals surface area contributed by atoms with E-state index >= 15 is 0 Å². The molecular weight excluding hydrogens is 186 g/mol. The van der Waals surface area contributed by atoms with Gasteiger partial charge in [-0.2, -0.15) is 0 Å².